The van der Waals surface area contributed by atoms with Gasteiger partial charge in [-0.25, -0.2) is 0 Å². The first kappa shape index (κ1) is 22.4. The van der Waals surface area contributed by atoms with Crippen molar-refractivity contribution in [1.29, 1.82) is 0 Å². The average Bonchev–Trinajstić information content (AvgIpc) is 3.30. The lowest BCUT2D eigenvalue weighted by Crippen LogP contribution is -2.45. The molecule has 176 valence electrons. The topological polar surface area (TPSA) is 54.5 Å². The molecule has 0 unspecified atom stereocenters. The predicted molar refractivity (Wildman–Crippen MR) is 130 cm³/mol. The highest BCUT2D eigenvalue weighted by atomic mass is 16.5. The third-order valence-corrected chi connectivity index (χ3v) is 7.70. The SMILES string of the molecule is O=C(N[C@H](c1ccccn1)[C@H]1CCCN(Cc2cccc(OC3CCCC3)c2)C1)C1CCC1. The molecule has 5 rings (SSSR count). The second kappa shape index (κ2) is 10.7. The molecule has 1 aliphatic heterocycles. The number of hydrogen-bond donors (Lipinski definition) is 1. The third kappa shape index (κ3) is 5.75. The first-order valence-corrected chi connectivity index (χ1v) is 12.9. The first-order chi connectivity index (χ1) is 16.2. The van der Waals surface area contributed by atoms with Crippen LogP contribution in [-0.2, 0) is 11.3 Å². The fraction of sp³-hybridized carbons (Fsp3) is 0.571. The van der Waals surface area contributed by atoms with E-state index in [1.165, 1.54) is 37.7 Å². The summed E-state index contributed by atoms with van der Waals surface area (Å²) in [5, 5.41) is 3.39. The van der Waals surface area contributed by atoms with Crippen LogP contribution >= 0.6 is 0 Å². The Labute approximate surface area is 197 Å². The van der Waals surface area contributed by atoms with Gasteiger partial charge in [-0.05, 0) is 93.7 Å². The summed E-state index contributed by atoms with van der Waals surface area (Å²) in [7, 11) is 0. The van der Waals surface area contributed by atoms with E-state index in [-0.39, 0.29) is 17.9 Å². The summed E-state index contributed by atoms with van der Waals surface area (Å²) in [6.45, 7) is 2.99. The molecule has 2 aromatic rings. The number of benzene rings is 1. The van der Waals surface area contributed by atoms with Gasteiger partial charge in [-0.2, -0.15) is 0 Å². The Morgan fingerprint density at radius 3 is 2.67 bits per heavy atom. The fourth-order valence-corrected chi connectivity index (χ4v) is 5.62. The van der Waals surface area contributed by atoms with Gasteiger partial charge in [0.1, 0.15) is 5.75 Å². The molecule has 1 N–H and O–H groups in total. The molecule has 2 saturated carbocycles. The molecule has 0 radical (unpaired) electrons. The van der Waals surface area contributed by atoms with Crippen molar-refractivity contribution in [1.82, 2.24) is 15.2 Å². The lowest BCUT2D eigenvalue weighted by atomic mass is 9.83. The molecule has 2 aliphatic carbocycles. The summed E-state index contributed by atoms with van der Waals surface area (Å²) < 4.78 is 6.23. The number of pyridine rings is 1. The molecule has 0 bridgehead atoms. The number of ether oxygens (including phenoxy) is 1. The van der Waals surface area contributed by atoms with E-state index in [1.807, 2.05) is 18.3 Å². The van der Waals surface area contributed by atoms with Gasteiger partial charge >= 0.3 is 0 Å². The van der Waals surface area contributed by atoms with Crippen molar-refractivity contribution in [3.05, 3.63) is 59.9 Å². The molecule has 1 aromatic carbocycles. The number of hydrogen-bond acceptors (Lipinski definition) is 4. The number of amides is 1. The van der Waals surface area contributed by atoms with Gasteiger partial charge in [-0.1, -0.05) is 24.6 Å². The van der Waals surface area contributed by atoms with Crippen LogP contribution in [0.25, 0.3) is 0 Å². The number of nitrogens with one attached hydrogen (secondary N) is 1. The van der Waals surface area contributed by atoms with Crippen LogP contribution in [0.1, 0.15) is 75.1 Å². The van der Waals surface area contributed by atoms with Crippen molar-refractivity contribution < 1.29 is 9.53 Å². The minimum absolute atomic E-state index is 0.0147. The van der Waals surface area contributed by atoms with Gasteiger partial charge in [0.2, 0.25) is 5.91 Å². The third-order valence-electron chi connectivity index (χ3n) is 7.70. The zero-order valence-corrected chi connectivity index (χ0v) is 19.6. The van der Waals surface area contributed by atoms with Gasteiger partial charge in [-0.15, -0.1) is 0 Å². The summed E-state index contributed by atoms with van der Waals surface area (Å²) in [6, 6.07) is 14.7. The van der Waals surface area contributed by atoms with Crippen molar-refractivity contribution in [2.75, 3.05) is 13.1 Å². The minimum Gasteiger partial charge on any atom is -0.490 e. The second-order valence-electron chi connectivity index (χ2n) is 10.2. The van der Waals surface area contributed by atoms with E-state index in [0.717, 1.165) is 56.8 Å². The van der Waals surface area contributed by atoms with Crippen molar-refractivity contribution in [2.45, 2.75) is 76.5 Å². The maximum atomic E-state index is 12.8. The molecule has 2 atom stereocenters. The van der Waals surface area contributed by atoms with Crippen LogP contribution < -0.4 is 10.1 Å². The first-order valence-electron chi connectivity index (χ1n) is 12.9. The van der Waals surface area contributed by atoms with Gasteiger partial charge in [0, 0.05) is 25.2 Å². The van der Waals surface area contributed by atoms with Crippen LogP contribution in [0.5, 0.6) is 5.75 Å². The summed E-state index contributed by atoms with van der Waals surface area (Å²) in [5.74, 6) is 1.78. The molecule has 0 spiro atoms. The lowest BCUT2D eigenvalue weighted by Gasteiger charge is -2.38. The van der Waals surface area contributed by atoms with Crippen molar-refractivity contribution in [3.8, 4) is 5.75 Å². The quantitative estimate of drug-likeness (QED) is 0.599. The van der Waals surface area contributed by atoms with Crippen LogP contribution in [0.2, 0.25) is 0 Å². The van der Waals surface area contributed by atoms with Gasteiger partial charge < -0.3 is 10.1 Å². The highest BCUT2D eigenvalue weighted by Gasteiger charge is 2.33. The molecular weight excluding hydrogens is 410 g/mol. The number of carbonyl (C=O) groups excluding carboxylic acids is 1. The van der Waals surface area contributed by atoms with Crippen molar-refractivity contribution in [2.24, 2.45) is 11.8 Å². The standard InChI is InChI=1S/C28H37N3O2/c32-28(22-9-6-10-22)30-27(26-15-3-4-16-29-26)23-11-7-17-31(20-23)19-21-8-5-14-25(18-21)33-24-12-1-2-13-24/h3-5,8,14-16,18,22-24,27H,1-2,6-7,9-13,17,19-20H2,(H,30,32)/t23-,27-/m0/s1. The Morgan fingerprint density at radius 1 is 1.03 bits per heavy atom. The Kier molecular flexibility index (Phi) is 7.25. The second-order valence-corrected chi connectivity index (χ2v) is 10.2. The van der Waals surface area contributed by atoms with E-state index in [1.54, 1.807) is 0 Å². The normalized spacial score (nSPS) is 23.1. The van der Waals surface area contributed by atoms with E-state index in [4.69, 9.17) is 4.74 Å². The predicted octanol–water partition coefficient (Wildman–Crippen LogP) is 5.27. The van der Waals surface area contributed by atoms with Crippen LogP contribution in [0.4, 0.5) is 0 Å². The van der Waals surface area contributed by atoms with Gasteiger partial charge in [-0.3, -0.25) is 14.7 Å². The molecule has 3 aliphatic rings. The molecule has 1 aromatic heterocycles. The zero-order chi connectivity index (χ0) is 22.5. The van der Waals surface area contributed by atoms with E-state index in [0.29, 0.717) is 12.0 Å². The number of carbonyl (C=O) groups is 1. The number of likely N-dealkylation sites (tertiary alicyclic amines) is 1. The van der Waals surface area contributed by atoms with Gasteiger partial charge in [0.15, 0.2) is 0 Å². The van der Waals surface area contributed by atoms with Crippen LogP contribution in [0.15, 0.2) is 48.7 Å². The number of rotatable bonds is 8. The highest BCUT2D eigenvalue weighted by molar-refractivity contribution is 5.79. The molecule has 3 fully saturated rings. The zero-order valence-electron chi connectivity index (χ0n) is 19.6. The van der Waals surface area contributed by atoms with E-state index in [2.05, 4.69) is 45.5 Å². The number of nitrogens with zero attached hydrogens (tertiary/aromatic N) is 2. The number of aromatic nitrogens is 1. The molecule has 33 heavy (non-hydrogen) atoms. The van der Waals surface area contributed by atoms with E-state index in [9.17, 15) is 4.79 Å². The minimum atomic E-state index is -0.0147. The maximum Gasteiger partial charge on any atom is 0.223 e. The summed E-state index contributed by atoms with van der Waals surface area (Å²) in [6.07, 6.45) is 12.6. The van der Waals surface area contributed by atoms with Crippen LogP contribution in [0, 0.1) is 11.8 Å². The molecule has 1 saturated heterocycles. The summed E-state index contributed by atoms with van der Waals surface area (Å²) in [4.78, 5) is 20.0. The number of piperidine rings is 1. The lowest BCUT2D eigenvalue weighted by molar-refractivity contribution is -0.128. The van der Waals surface area contributed by atoms with Crippen LogP contribution in [0.3, 0.4) is 0 Å². The monoisotopic (exact) mass is 447 g/mol. The molecule has 5 nitrogen and oxygen atoms in total. The summed E-state index contributed by atoms with van der Waals surface area (Å²) in [5.41, 5.74) is 2.29. The van der Waals surface area contributed by atoms with Crippen LogP contribution in [-0.4, -0.2) is 35.0 Å². The van der Waals surface area contributed by atoms with E-state index >= 15 is 0 Å². The van der Waals surface area contributed by atoms with Gasteiger partial charge in [0.05, 0.1) is 17.8 Å². The Balaban J connectivity index is 1.25. The largest absolute Gasteiger partial charge is 0.490 e. The van der Waals surface area contributed by atoms with E-state index < -0.39 is 0 Å². The highest BCUT2D eigenvalue weighted by Crippen LogP contribution is 2.33. The van der Waals surface area contributed by atoms with Crippen molar-refractivity contribution >= 4 is 5.91 Å². The maximum absolute atomic E-state index is 12.8. The Hall–Kier alpha value is -2.40. The Morgan fingerprint density at radius 2 is 1.91 bits per heavy atom. The molecular formula is C28H37N3O2. The smallest absolute Gasteiger partial charge is 0.223 e. The summed E-state index contributed by atoms with van der Waals surface area (Å²) >= 11 is 0. The Bertz CT molecular complexity index is 908. The van der Waals surface area contributed by atoms with Crippen molar-refractivity contribution in [3.63, 3.8) is 0 Å². The molecule has 5 heteroatoms. The fourth-order valence-electron chi connectivity index (χ4n) is 5.62. The average molecular weight is 448 g/mol. The van der Waals surface area contributed by atoms with Gasteiger partial charge in [0.25, 0.3) is 0 Å². The molecule has 1 amide bonds. The molecule has 2 heterocycles.